The Morgan fingerprint density at radius 2 is 2.41 bits per heavy atom. The molecule has 0 radical (unpaired) electrons. The first-order valence-corrected chi connectivity index (χ1v) is 7.78. The van der Waals surface area contributed by atoms with Gasteiger partial charge >= 0.3 is 0 Å². The molecule has 0 bridgehead atoms. The van der Waals surface area contributed by atoms with Crippen LogP contribution < -0.4 is 5.73 Å². The van der Waals surface area contributed by atoms with Crippen LogP contribution in [-0.2, 0) is 4.84 Å². The zero-order valence-corrected chi connectivity index (χ0v) is 12.5. The predicted octanol–water partition coefficient (Wildman–Crippen LogP) is 3.32. The maximum atomic E-state index is 6.26. The number of hydrogen-bond acceptors (Lipinski definition) is 4. The summed E-state index contributed by atoms with van der Waals surface area (Å²) in [6.45, 7) is 3.93. The van der Waals surface area contributed by atoms with E-state index >= 15 is 0 Å². The fraction of sp³-hybridized carbons (Fsp3) is 0.667. The average molecular weight is 319 g/mol. The molecule has 3 nitrogen and oxygen atoms in total. The van der Waals surface area contributed by atoms with Gasteiger partial charge in [0, 0.05) is 27.3 Å². The molecule has 2 heterocycles. The number of thiophene rings is 1. The molecule has 1 aliphatic heterocycles. The molecule has 2 rings (SSSR count). The van der Waals surface area contributed by atoms with Crippen molar-refractivity contribution in [1.82, 2.24) is 5.06 Å². The summed E-state index contributed by atoms with van der Waals surface area (Å²) in [4.78, 5) is 7.06. The molecular formula is C12H19BrN2OS. The van der Waals surface area contributed by atoms with Gasteiger partial charge in [0.15, 0.2) is 0 Å². The van der Waals surface area contributed by atoms with Gasteiger partial charge in [-0.25, -0.2) is 0 Å². The van der Waals surface area contributed by atoms with Crippen LogP contribution in [0.15, 0.2) is 15.9 Å². The Bertz CT molecular complexity index is 352. The maximum Gasteiger partial charge on any atom is 0.0845 e. The van der Waals surface area contributed by atoms with Gasteiger partial charge in [-0.3, -0.25) is 4.84 Å². The summed E-state index contributed by atoms with van der Waals surface area (Å²) in [6, 6.07) is 2.47. The molecule has 2 atom stereocenters. The zero-order chi connectivity index (χ0) is 12.3. The van der Waals surface area contributed by atoms with Gasteiger partial charge in [0.1, 0.15) is 0 Å². The van der Waals surface area contributed by atoms with Gasteiger partial charge in [0.25, 0.3) is 0 Å². The fourth-order valence-electron chi connectivity index (χ4n) is 2.11. The lowest BCUT2D eigenvalue weighted by molar-refractivity contribution is -0.211. The van der Waals surface area contributed by atoms with Crippen molar-refractivity contribution in [2.45, 2.75) is 38.3 Å². The smallest absolute Gasteiger partial charge is 0.0845 e. The van der Waals surface area contributed by atoms with Crippen LogP contribution in [0.5, 0.6) is 0 Å². The highest BCUT2D eigenvalue weighted by atomic mass is 79.9. The summed E-state index contributed by atoms with van der Waals surface area (Å²) >= 11 is 5.25. The molecule has 5 heteroatoms. The molecule has 2 unspecified atom stereocenters. The maximum absolute atomic E-state index is 6.26. The molecule has 1 fully saturated rings. The fourth-order valence-corrected chi connectivity index (χ4v) is 3.73. The number of halogens is 1. The number of rotatable bonds is 4. The van der Waals surface area contributed by atoms with Crippen LogP contribution in [0.4, 0.5) is 0 Å². The van der Waals surface area contributed by atoms with Crippen molar-refractivity contribution in [3.05, 3.63) is 20.8 Å². The Balaban J connectivity index is 2.17. The normalized spacial score (nSPS) is 21.4. The molecule has 1 aliphatic rings. The van der Waals surface area contributed by atoms with E-state index in [0.29, 0.717) is 0 Å². The molecule has 17 heavy (non-hydrogen) atoms. The minimum atomic E-state index is 0.124. The zero-order valence-electron chi connectivity index (χ0n) is 10.1. The molecular weight excluding hydrogens is 300 g/mol. The number of hydrogen-bond donors (Lipinski definition) is 1. The lowest BCUT2D eigenvalue weighted by Crippen LogP contribution is -2.42. The van der Waals surface area contributed by atoms with Gasteiger partial charge in [0.05, 0.1) is 12.6 Å². The van der Waals surface area contributed by atoms with E-state index in [0.717, 1.165) is 30.5 Å². The minimum absolute atomic E-state index is 0.124. The van der Waals surface area contributed by atoms with E-state index in [1.54, 1.807) is 11.3 Å². The minimum Gasteiger partial charge on any atom is -0.326 e. The van der Waals surface area contributed by atoms with Crippen LogP contribution in [0.25, 0.3) is 0 Å². The number of hydroxylamine groups is 2. The largest absolute Gasteiger partial charge is 0.326 e. The van der Waals surface area contributed by atoms with Gasteiger partial charge < -0.3 is 5.73 Å². The van der Waals surface area contributed by atoms with Crippen molar-refractivity contribution in [2.24, 2.45) is 5.73 Å². The molecule has 2 N–H and O–H groups in total. The third kappa shape index (κ3) is 3.29. The standard InChI is InChI=1S/C12H19BrN2OS/c1-2-10(14)12(11-7-9(13)8-17-11)15-5-3-4-6-16-15/h7-8,10,12H,2-6,14H2,1H3. The second-order valence-electron chi connectivity index (χ2n) is 4.37. The van der Waals surface area contributed by atoms with E-state index in [4.69, 9.17) is 10.6 Å². The molecule has 1 aromatic heterocycles. The highest BCUT2D eigenvalue weighted by molar-refractivity contribution is 9.10. The van der Waals surface area contributed by atoms with E-state index in [1.165, 1.54) is 11.3 Å². The lowest BCUT2D eigenvalue weighted by atomic mass is 10.0. The summed E-state index contributed by atoms with van der Waals surface area (Å²) < 4.78 is 1.13. The number of nitrogens with two attached hydrogens (primary N) is 1. The van der Waals surface area contributed by atoms with Crippen molar-refractivity contribution in [3.8, 4) is 0 Å². The van der Waals surface area contributed by atoms with Gasteiger partial charge in [-0.05, 0) is 41.3 Å². The molecule has 0 aliphatic carbocycles. The van der Waals surface area contributed by atoms with Gasteiger partial charge in [0.2, 0.25) is 0 Å². The Morgan fingerprint density at radius 3 is 2.94 bits per heavy atom. The second-order valence-corrected chi connectivity index (χ2v) is 6.22. The molecule has 0 aromatic carbocycles. The van der Waals surface area contributed by atoms with Crippen molar-refractivity contribution in [1.29, 1.82) is 0 Å². The monoisotopic (exact) mass is 318 g/mol. The van der Waals surface area contributed by atoms with E-state index in [1.807, 2.05) is 0 Å². The molecule has 0 saturated carbocycles. The molecule has 96 valence electrons. The summed E-state index contributed by atoms with van der Waals surface area (Å²) in [7, 11) is 0. The van der Waals surface area contributed by atoms with Gasteiger partial charge in [-0.1, -0.05) is 6.92 Å². The number of nitrogens with zero attached hydrogens (tertiary/aromatic N) is 1. The van der Waals surface area contributed by atoms with Crippen LogP contribution in [0.3, 0.4) is 0 Å². The van der Waals surface area contributed by atoms with Crippen LogP contribution in [-0.4, -0.2) is 24.3 Å². The summed E-state index contributed by atoms with van der Waals surface area (Å²) in [5.74, 6) is 0. The molecule has 1 aromatic rings. The van der Waals surface area contributed by atoms with Crippen molar-refractivity contribution >= 4 is 27.3 Å². The van der Waals surface area contributed by atoms with Crippen LogP contribution in [0.2, 0.25) is 0 Å². The van der Waals surface area contributed by atoms with Crippen molar-refractivity contribution in [2.75, 3.05) is 13.2 Å². The Morgan fingerprint density at radius 1 is 1.59 bits per heavy atom. The second kappa shape index (κ2) is 6.29. The average Bonchev–Trinajstić information content (AvgIpc) is 2.77. The van der Waals surface area contributed by atoms with E-state index in [2.05, 4.69) is 39.4 Å². The van der Waals surface area contributed by atoms with Crippen LogP contribution in [0, 0.1) is 0 Å². The third-order valence-electron chi connectivity index (χ3n) is 3.10. The molecule has 0 spiro atoms. The first-order valence-electron chi connectivity index (χ1n) is 6.11. The SMILES string of the molecule is CCC(N)C(c1cc(Br)cs1)N1CCCCO1. The van der Waals surface area contributed by atoms with Gasteiger partial charge in [-0.15, -0.1) is 11.3 Å². The van der Waals surface area contributed by atoms with Crippen LogP contribution in [0.1, 0.15) is 37.1 Å². The lowest BCUT2D eigenvalue weighted by Gasteiger charge is -2.36. The Labute approximate surface area is 115 Å². The summed E-state index contributed by atoms with van der Waals surface area (Å²) in [5.41, 5.74) is 6.26. The topological polar surface area (TPSA) is 38.5 Å². The highest BCUT2D eigenvalue weighted by Crippen LogP contribution is 2.33. The first kappa shape index (κ1) is 13.5. The molecule has 1 saturated heterocycles. The Kier molecular flexibility index (Phi) is 4.99. The van der Waals surface area contributed by atoms with E-state index in [-0.39, 0.29) is 12.1 Å². The highest BCUT2D eigenvalue weighted by Gasteiger charge is 2.29. The Hall–Kier alpha value is 0.0600. The predicted molar refractivity (Wildman–Crippen MR) is 74.9 cm³/mol. The first-order chi connectivity index (χ1) is 8.22. The summed E-state index contributed by atoms with van der Waals surface area (Å²) in [5, 5.41) is 4.19. The van der Waals surface area contributed by atoms with Crippen molar-refractivity contribution < 1.29 is 4.84 Å². The van der Waals surface area contributed by atoms with E-state index < -0.39 is 0 Å². The quantitative estimate of drug-likeness (QED) is 0.925. The molecule has 0 amide bonds. The van der Waals surface area contributed by atoms with E-state index in [9.17, 15) is 0 Å². The van der Waals surface area contributed by atoms with Crippen molar-refractivity contribution in [3.63, 3.8) is 0 Å². The third-order valence-corrected chi connectivity index (χ3v) is 4.86. The van der Waals surface area contributed by atoms with Crippen LogP contribution >= 0.6 is 27.3 Å². The summed E-state index contributed by atoms with van der Waals surface area (Å²) in [6.07, 6.45) is 3.30. The van der Waals surface area contributed by atoms with Gasteiger partial charge in [-0.2, -0.15) is 5.06 Å².